The van der Waals surface area contributed by atoms with Gasteiger partial charge in [0.05, 0.1) is 17.3 Å². The Bertz CT molecular complexity index is 1150. The van der Waals surface area contributed by atoms with Crippen LogP contribution in [0.15, 0.2) is 42.9 Å². The molecule has 1 aromatic heterocycles. The molecule has 2 atom stereocenters. The Hall–Kier alpha value is -4.02. The number of carbonyl (C=O) groups excluding carboxylic acids is 4. The van der Waals surface area contributed by atoms with E-state index in [2.05, 4.69) is 31.2 Å². The third kappa shape index (κ3) is 9.35. The lowest BCUT2D eigenvalue weighted by molar-refractivity contribution is -0.126. The minimum absolute atomic E-state index is 0.0274. The van der Waals surface area contributed by atoms with Crippen molar-refractivity contribution in [2.24, 2.45) is 5.92 Å². The van der Waals surface area contributed by atoms with E-state index in [1.54, 1.807) is 56.7 Å². The topological polar surface area (TPSA) is 151 Å². The minimum atomic E-state index is -0.971. The second-order valence-corrected chi connectivity index (χ2v) is 10.6. The molecule has 0 radical (unpaired) electrons. The standard InChI is InChI=1S/C28H38N6O5/c1-18(2)22-17-39-23-8-6-5-7-20(23)26(37)33-21(27(38)31-12-11-19-16-29-13-14-30-19)9-10-24(35)34-28(3,4)15-25(36)32-22/h5-8,13-14,16,18,21-22H,9-12,15,17H2,1-4H3,(H,31,38)(H,32,36)(H,33,37)(H,34,35)/t21-,22-/m0/s1. The van der Waals surface area contributed by atoms with Crippen molar-refractivity contribution in [3.05, 3.63) is 54.1 Å². The van der Waals surface area contributed by atoms with Gasteiger partial charge in [0, 0.05) is 49.9 Å². The van der Waals surface area contributed by atoms with Gasteiger partial charge in [0.1, 0.15) is 18.4 Å². The first-order chi connectivity index (χ1) is 18.5. The maximum atomic E-state index is 13.3. The number of fused-ring (bicyclic) bond motifs is 1. The Kier molecular flexibility index (Phi) is 10.4. The molecule has 0 saturated heterocycles. The monoisotopic (exact) mass is 538 g/mol. The molecule has 11 heteroatoms. The maximum Gasteiger partial charge on any atom is 0.255 e. The van der Waals surface area contributed by atoms with E-state index in [0.29, 0.717) is 12.2 Å². The van der Waals surface area contributed by atoms with Gasteiger partial charge in [-0.2, -0.15) is 0 Å². The predicted octanol–water partition coefficient (Wildman–Crippen LogP) is 1.53. The number of nitrogens with zero attached hydrogens (tertiary/aromatic N) is 2. The molecule has 0 saturated carbocycles. The van der Waals surface area contributed by atoms with Crippen LogP contribution in [0.1, 0.15) is 63.0 Å². The van der Waals surface area contributed by atoms with Gasteiger partial charge in [-0.15, -0.1) is 0 Å². The van der Waals surface area contributed by atoms with Crippen LogP contribution in [0.25, 0.3) is 0 Å². The van der Waals surface area contributed by atoms with Gasteiger partial charge in [0.25, 0.3) is 5.91 Å². The Morgan fingerprint density at radius 3 is 2.62 bits per heavy atom. The number of aromatic nitrogens is 2. The number of hydrogen-bond donors (Lipinski definition) is 4. The molecule has 1 aliphatic heterocycles. The molecule has 1 aliphatic rings. The van der Waals surface area contributed by atoms with E-state index in [0.717, 1.165) is 5.69 Å². The fourth-order valence-corrected chi connectivity index (χ4v) is 4.18. The first kappa shape index (κ1) is 29.5. The fraction of sp³-hybridized carbons (Fsp3) is 0.500. The summed E-state index contributed by atoms with van der Waals surface area (Å²) in [5.74, 6) is -1.07. The van der Waals surface area contributed by atoms with Gasteiger partial charge < -0.3 is 26.0 Å². The first-order valence-electron chi connectivity index (χ1n) is 13.2. The highest BCUT2D eigenvalue weighted by Gasteiger charge is 2.29. The normalized spacial score (nSPS) is 20.6. The molecule has 1 aromatic carbocycles. The number of benzene rings is 1. The van der Waals surface area contributed by atoms with Crippen molar-refractivity contribution in [3.63, 3.8) is 0 Å². The molecule has 2 heterocycles. The van der Waals surface area contributed by atoms with Gasteiger partial charge >= 0.3 is 0 Å². The van der Waals surface area contributed by atoms with Gasteiger partial charge in [0.15, 0.2) is 0 Å². The maximum absolute atomic E-state index is 13.3. The zero-order valence-corrected chi connectivity index (χ0v) is 23.0. The Morgan fingerprint density at radius 1 is 1.13 bits per heavy atom. The molecule has 0 aliphatic carbocycles. The highest BCUT2D eigenvalue weighted by molar-refractivity contribution is 5.99. The van der Waals surface area contributed by atoms with Crippen LogP contribution < -0.4 is 26.0 Å². The summed E-state index contributed by atoms with van der Waals surface area (Å²) < 4.78 is 6.00. The van der Waals surface area contributed by atoms with Crippen LogP contribution in [-0.2, 0) is 20.8 Å². The summed E-state index contributed by atoms with van der Waals surface area (Å²) in [6, 6.07) is 5.44. The molecule has 0 fully saturated rings. The summed E-state index contributed by atoms with van der Waals surface area (Å²) >= 11 is 0. The number of nitrogens with one attached hydrogen (secondary N) is 4. The Morgan fingerprint density at radius 2 is 1.90 bits per heavy atom. The largest absolute Gasteiger partial charge is 0.491 e. The van der Waals surface area contributed by atoms with E-state index >= 15 is 0 Å². The Labute approximate surface area is 228 Å². The molecule has 4 N–H and O–H groups in total. The van der Waals surface area contributed by atoms with Crippen molar-refractivity contribution in [3.8, 4) is 5.75 Å². The number of amides is 4. The van der Waals surface area contributed by atoms with Gasteiger partial charge in [-0.1, -0.05) is 26.0 Å². The van der Waals surface area contributed by atoms with Gasteiger partial charge in [-0.25, -0.2) is 0 Å². The third-order valence-corrected chi connectivity index (χ3v) is 6.36. The number of carbonyl (C=O) groups is 4. The molecule has 210 valence electrons. The molecule has 3 rings (SSSR count). The highest BCUT2D eigenvalue weighted by Crippen LogP contribution is 2.20. The van der Waals surface area contributed by atoms with Crippen LogP contribution >= 0.6 is 0 Å². The minimum Gasteiger partial charge on any atom is -0.491 e. The van der Waals surface area contributed by atoms with Gasteiger partial charge in [-0.3, -0.25) is 29.1 Å². The number of hydrogen-bond acceptors (Lipinski definition) is 7. The van der Waals surface area contributed by atoms with Crippen LogP contribution in [0, 0.1) is 5.92 Å². The average Bonchev–Trinajstić information content (AvgIpc) is 2.88. The molecular formula is C28H38N6O5. The zero-order valence-electron chi connectivity index (χ0n) is 23.0. The summed E-state index contributed by atoms with van der Waals surface area (Å²) in [5, 5.41) is 11.5. The molecule has 39 heavy (non-hydrogen) atoms. The van der Waals surface area contributed by atoms with Gasteiger partial charge in [0.2, 0.25) is 17.7 Å². The number of rotatable bonds is 5. The van der Waals surface area contributed by atoms with E-state index in [1.165, 1.54) is 0 Å². The second kappa shape index (κ2) is 13.7. The smallest absolute Gasteiger partial charge is 0.255 e. The van der Waals surface area contributed by atoms with Gasteiger partial charge in [-0.05, 0) is 38.3 Å². The fourth-order valence-electron chi connectivity index (χ4n) is 4.18. The van der Waals surface area contributed by atoms with Crippen molar-refractivity contribution in [2.75, 3.05) is 13.2 Å². The van der Waals surface area contributed by atoms with Crippen LogP contribution in [0.4, 0.5) is 0 Å². The molecule has 2 aromatic rings. The van der Waals surface area contributed by atoms with E-state index < -0.39 is 23.4 Å². The summed E-state index contributed by atoms with van der Waals surface area (Å²) in [5.41, 5.74) is 0.155. The summed E-state index contributed by atoms with van der Waals surface area (Å²) in [6.07, 6.45) is 5.33. The molecule has 0 bridgehead atoms. The third-order valence-electron chi connectivity index (χ3n) is 6.36. The second-order valence-electron chi connectivity index (χ2n) is 10.6. The van der Waals surface area contributed by atoms with E-state index in [-0.39, 0.29) is 61.8 Å². The number of ether oxygens (including phenoxy) is 1. The van der Waals surface area contributed by atoms with Crippen molar-refractivity contribution in [2.45, 2.75) is 71.0 Å². The predicted molar refractivity (Wildman–Crippen MR) is 145 cm³/mol. The Balaban J connectivity index is 1.82. The highest BCUT2D eigenvalue weighted by atomic mass is 16.5. The summed E-state index contributed by atoms with van der Waals surface area (Å²) in [4.78, 5) is 60.2. The van der Waals surface area contributed by atoms with Crippen molar-refractivity contribution in [1.82, 2.24) is 31.2 Å². The van der Waals surface area contributed by atoms with Crippen LogP contribution in [0.5, 0.6) is 5.75 Å². The van der Waals surface area contributed by atoms with E-state index in [1.807, 2.05) is 13.8 Å². The lowest BCUT2D eigenvalue weighted by Crippen LogP contribution is -2.51. The van der Waals surface area contributed by atoms with Crippen LogP contribution in [0.3, 0.4) is 0 Å². The average molecular weight is 539 g/mol. The molecule has 0 spiro atoms. The van der Waals surface area contributed by atoms with Crippen LogP contribution in [-0.4, -0.2) is 64.4 Å². The molecule has 4 amide bonds. The number of para-hydroxylation sites is 1. The summed E-state index contributed by atoms with van der Waals surface area (Å²) in [6.45, 7) is 7.89. The molecular weight excluding hydrogens is 500 g/mol. The van der Waals surface area contributed by atoms with E-state index in [4.69, 9.17) is 4.74 Å². The zero-order chi connectivity index (χ0) is 28.4. The quantitative estimate of drug-likeness (QED) is 0.451. The SMILES string of the molecule is CC(C)[C@@H]1COc2ccccc2C(=O)N[C@H](C(=O)NCCc2cnccn2)CCC(=O)NC(C)(C)CC(=O)N1. The van der Waals surface area contributed by atoms with Crippen molar-refractivity contribution in [1.29, 1.82) is 0 Å². The van der Waals surface area contributed by atoms with Crippen molar-refractivity contribution >= 4 is 23.6 Å². The lowest BCUT2D eigenvalue weighted by atomic mass is 9.98. The molecule has 11 nitrogen and oxygen atoms in total. The summed E-state index contributed by atoms with van der Waals surface area (Å²) in [7, 11) is 0. The van der Waals surface area contributed by atoms with Crippen molar-refractivity contribution < 1.29 is 23.9 Å². The molecule has 0 unspecified atom stereocenters. The van der Waals surface area contributed by atoms with E-state index in [9.17, 15) is 19.2 Å². The first-order valence-corrected chi connectivity index (χ1v) is 13.2. The van der Waals surface area contributed by atoms with Crippen LogP contribution in [0.2, 0.25) is 0 Å². The lowest BCUT2D eigenvalue weighted by Gasteiger charge is -2.29.